The van der Waals surface area contributed by atoms with Crippen molar-refractivity contribution in [2.24, 2.45) is 0 Å². The van der Waals surface area contributed by atoms with E-state index in [0.717, 1.165) is 0 Å². The van der Waals surface area contributed by atoms with Crippen LogP contribution in [0.15, 0.2) is 0 Å². The molecule has 0 heterocycles. The first-order valence-electron chi connectivity index (χ1n) is 2.11. The second-order valence-corrected chi connectivity index (χ2v) is 8.24. The molecule has 0 saturated heterocycles. The van der Waals surface area contributed by atoms with Crippen LogP contribution in [0.25, 0.3) is 0 Å². The van der Waals surface area contributed by atoms with Gasteiger partial charge in [-0.1, -0.05) is 0 Å². The Balaban J connectivity index is 3.17. The van der Waals surface area contributed by atoms with Gasteiger partial charge in [0.1, 0.15) is 0 Å². The molecule has 0 rings (SSSR count). The molecule has 0 bridgehead atoms. The summed E-state index contributed by atoms with van der Waals surface area (Å²) in [5.74, 6) is 0. The molecule has 0 aromatic rings. The summed E-state index contributed by atoms with van der Waals surface area (Å²) in [7, 11) is 1.76. The van der Waals surface area contributed by atoms with Gasteiger partial charge in [-0.2, -0.15) is 0 Å². The van der Waals surface area contributed by atoms with Gasteiger partial charge in [-0.15, -0.1) is 0 Å². The van der Waals surface area contributed by atoms with E-state index in [2.05, 4.69) is 13.8 Å². The van der Waals surface area contributed by atoms with Crippen LogP contribution in [0.2, 0.25) is 0 Å². The summed E-state index contributed by atoms with van der Waals surface area (Å²) >= 11 is 0.638. The summed E-state index contributed by atoms with van der Waals surface area (Å²) in [4.78, 5) is 0. The Morgan fingerprint density at radius 2 is 1.67 bits per heavy atom. The van der Waals surface area contributed by atoms with Crippen LogP contribution in [0.5, 0.6) is 0 Å². The first-order valence-corrected chi connectivity index (χ1v) is 4.57. The second-order valence-electron chi connectivity index (χ2n) is 2.32. The van der Waals surface area contributed by atoms with Crippen molar-refractivity contribution < 1.29 is 4.74 Å². The molecule has 0 fully saturated rings. The Morgan fingerprint density at radius 1 is 1.50 bits per heavy atom. The fourth-order valence-electron chi connectivity index (χ4n) is 0. The molecule has 0 aliphatic carbocycles. The maximum absolute atomic E-state index is 5.03. The Bertz CT molecular complexity index is 37.3. The van der Waals surface area contributed by atoms with Crippen molar-refractivity contribution in [3.63, 3.8) is 0 Å². The van der Waals surface area contributed by atoms with E-state index in [-0.39, 0.29) is 0.572 Å². The van der Waals surface area contributed by atoms with Crippen LogP contribution in [0.1, 0.15) is 13.8 Å². The van der Waals surface area contributed by atoms with Crippen LogP contribution in [0.3, 0.4) is 0 Å². The average Bonchev–Trinajstić information content (AvgIpc) is 1.35. The van der Waals surface area contributed by atoms with Gasteiger partial charge >= 0.3 is 69.5 Å². The maximum atomic E-state index is 5.03. The van der Waals surface area contributed by atoms with E-state index in [4.69, 9.17) is 4.74 Å². The topological polar surface area (TPSA) is 9.23 Å². The van der Waals surface area contributed by atoms with E-state index in [9.17, 15) is 0 Å². The van der Waals surface area contributed by atoms with E-state index < -0.39 is 0 Å². The van der Waals surface area contributed by atoms with Crippen LogP contribution in [0, 0.1) is 0 Å². The molecule has 0 aliphatic rings. The SMILES string of the molecule is CO[C](C)(C)[SrH]. The van der Waals surface area contributed by atoms with Crippen molar-refractivity contribution >= 4 is 43.3 Å². The predicted molar refractivity (Wildman–Crippen MR) is 28.2 cm³/mol. The van der Waals surface area contributed by atoms with E-state index in [1.54, 1.807) is 7.11 Å². The standard InChI is InChI=1S/C4H9O.Sr.H/c1-4(2)5-3;;/h1-3H3;;. The Kier molecular flexibility index (Phi) is 3.32. The minimum atomic E-state index is 0.252. The first kappa shape index (κ1) is 7.44. The summed E-state index contributed by atoms with van der Waals surface area (Å²) in [6.07, 6.45) is 0. The first-order chi connectivity index (χ1) is 2.56. The molecule has 0 saturated carbocycles. The van der Waals surface area contributed by atoms with Gasteiger partial charge in [-0.3, -0.25) is 0 Å². The molecule has 0 atom stereocenters. The van der Waals surface area contributed by atoms with Crippen molar-refractivity contribution in [3.8, 4) is 0 Å². The normalized spacial score (nSPS) is 11.7. The van der Waals surface area contributed by atoms with Crippen molar-refractivity contribution in [2.45, 2.75) is 14.4 Å². The number of ether oxygens (including phenoxy) is 1. The Labute approximate surface area is 68.6 Å². The van der Waals surface area contributed by atoms with Gasteiger partial charge in [-0.05, 0) is 0 Å². The molecule has 0 amide bonds. The van der Waals surface area contributed by atoms with Crippen LogP contribution in [-0.2, 0) is 4.74 Å². The average molecular weight is 162 g/mol. The molecule has 0 radical (unpaired) electrons. The van der Waals surface area contributed by atoms with Crippen LogP contribution >= 0.6 is 0 Å². The predicted octanol–water partition coefficient (Wildman–Crippen LogP) is 0.270. The van der Waals surface area contributed by atoms with Gasteiger partial charge in [0.25, 0.3) is 0 Å². The van der Waals surface area contributed by atoms with E-state index in [1.807, 2.05) is 0 Å². The number of hydrogen-bond acceptors (Lipinski definition) is 1. The van der Waals surface area contributed by atoms with Crippen LogP contribution in [0.4, 0.5) is 0 Å². The molecular formula is C4H10OSr. The van der Waals surface area contributed by atoms with Gasteiger partial charge in [0.2, 0.25) is 0 Å². The number of methoxy groups -OCH3 is 1. The van der Waals surface area contributed by atoms with Crippen LogP contribution in [-0.4, -0.2) is 50.9 Å². The molecule has 0 N–H and O–H groups in total. The number of rotatable bonds is 1. The van der Waals surface area contributed by atoms with E-state index in [0.29, 0.717) is 43.3 Å². The third-order valence-corrected chi connectivity index (χ3v) is 1.62. The van der Waals surface area contributed by atoms with E-state index >= 15 is 0 Å². The summed E-state index contributed by atoms with van der Waals surface area (Å²) in [5.41, 5.74) is 0. The third-order valence-electron chi connectivity index (χ3n) is 0.612. The van der Waals surface area contributed by atoms with Gasteiger partial charge in [0.15, 0.2) is 0 Å². The zero-order chi connectivity index (χ0) is 5.21. The summed E-state index contributed by atoms with van der Waals surface area (Å²) in [5, 5.41) is 0. The van der Waals surface area contributed by atoms with Crippen molar-refractivity contribution in [2.75, 3.05) is 7.11 Å². The molecule has 0 aliphatic heterocycles. The third kappa shape index (κ3) is 5.44. The molecule has 34 valence electrons. The number of hydrogen-bond donors (Lipinski definition) is 0. The minimum absolute atomic E-state index is 0.252. The van der Waals surface area contributed by atoms with Crippen molar-refractivity contribution in [1.82, 2.24) is 0 Å². The zero-order valence-corrected chi connectivity index (χ0v) is 9.82. The van der Waals surface area contributed by atoms with Gasteiger partial charge in [0.05, 0.1) is 0 Å². The Morgan fingerprint density at radius 3 is 1.67 bits per heavy atom. The molecular weight excluding hydrogens is 152 g/mol. The molecule has 0 unspecified atom stereocenters. The Hall–Kier alpha value is 1.44. The molecule has 2 heteroatoms. The molecule has 6 heavy (non-hydrogen) atoms. The van der Waals surface area contributed by atoms with E-state index in [1.165, 1.54) is 0 Å². The fraction of sp³-hybridized carbons (Fsp3) is 1.00. The summed E-state index contributed by atoms with van der Waals surface area (Å²) in [6, 6.07) is 0. The second kappa shape index (κ2) is 2.68. The van der Waals surface area contributed by atoms with Gasteiger partial charge in [0, 0.05) is 0 Å². The monoisotopic (exact) mass is 162 g/mol. The van der Waals surface area contributed by atoms with Crippen molar-refractivity contribution in [1.29, 1.82) is 0 Å². The zero-order valence-electron chi connectivity index (χ0n) is 4.91. The summed E-state index contributed by atoms with van der Waals surface area (Å²) in [6.45, 7) is 4.23. The van der Waals surface area contributed by atoms with Crippen LogP contribution < -0.4 is 0 Å². The fourth-order valence-corrected chi connectivity index (χ4v) is 0. The molecule has 0 aromatic carbocycles. The molecule has 0 aromatic heterocycles. The molecule has 1 nitrogen and oxygen atoms in total. The quantitative estimate of drug-likeness (QED) is 0.502. The van der Waals surface area contributed by atoms with Gasteiger partial charge in [-0.25, -0.2) is 0 Å². The molecule has 0 spiro atoms. The van der Waals surface area contributed by atoms with Crippen molar-refractivity contribution in [3.05, 3.63) is 0 Å². The summed E-state index contributed by atoms with van der Waals surface area (Å²) < 4.78 is 5.28. The van der Waals surface area contributed by atoms with Gasteiger partial charge < -0.3 is 0 Å².